The summed E-state index contributed by atoms with van der Waals surface area (Å²) in [5.41, 5.74) is 1.56. The van der Waals surface area contributed by atoms with Crippen LogP contribution in [0.5, 0.6) is 5.75 Å². The van der Waals surface area contributed by atoms with Crippen molar-refractivity contribution in [1.82, 2.24) is 10.2 Å². The maximum Gasteiger partial charge on any atom is 0.401 e. The molecule has 0 unspecified atom stereocenters. The molecule has 5 nitrogen and oxygen atoms in total. The molecule has 0 aliphatic heterocycles. The van der Waals surface area contributed by atoms with Crippen LogP contribution in [-0.2, 0) is 0 Å². The molecule has 0 heterocycles. The molecule has 2 N–H and O–H groups in total. The molecule has 0 saturated carbocycles. The second-order valence-electron chi connectivity index (χ2n) is 5.52. The molecule has 1 rings (SSSR count). The van der Waals surface area contributed by atoms with Gasteiger partial charge in [0.05, 0.1) is 18.8 Å². The number of urea groups is 1. The van der Waals surface area contributed by atoms with Gasteiger partial charge in [-0.25, -0.2) is 4.79 Å². The average molecular weight is 347 g/mol. The summed E-state index contributed by atoms with van der Waals surface area (Å²) in [4.78, 5) is 13.0. The molecule has 1 aromatic rings. The van der Waals surface area contributed by atoms with Crippen LogP contribution in [0.15, 0.2) is 18.2 Å². The Morgan fingerprint density at radius 3 is 2.67 bits per heavy atom. The highest BCUT2D eigenvalue weighted by atomic mass is 19.4. The quantitative estimate of drug-likeness (QED) is 0.709. The fourth-order valence-corrected chi connectivity index (χ4v) is 2.11. The number of anilines is 1. The zero-order valence-electron chi connectivity index (χ0n) is 14.2. The van der Waals surface area contributed by atoms with Crippen LogP contribution >= 0.6 is 0 Å². The smallest absolute Gasteiger partial charge is 0.401 e. The van der Waals surface area contributed by atoms with Gasteiger partial charge in [0.15, 0.2) is 0 Å². The minimum atomic E-state index is -4.21. The van der Waals surface area contributed by atoms with Gasteiger partial charge in [0.25, 0.3) is 0 Å². The number of aryl methyl sites for hydroxylation is 1. The number of nitrogens with one attached hydrogen (secondary N) is 2. The summed E-state index contributed by atoms with van der Waals surface area (Å²) in [6.45, 7) is 3.82. The zero-order chi connectivity index (χ0) is 18.2. The van der Waals surface area contributed by atoms with Crippen molar-refractivity contribution < 1.29 is 22.7 Å². The van der Waals surface area contributed by atoms with E-state index in [1.807, 2.05) is 26.0 Å². The van der Waals surface area contributed by atoms with Gasteiger partial charge in [0.1, 0.15) is 5.75 Å². The molecule has 0 radical (unpaired) electrons. The minimum absolute atomic E-state index is 0.245. The van der Waals surface area contributed by atoms with Crippen molar-refractivity contribution in [3.63, 3.8) is 0 Å². The number of carbonyl (C=O) groups is 1. The molecule has 136 valence electrons. The summed E-state index contributed by atoms with van der Waals surface area (Å²) >= 11 is 0. The number of rotatable bonds is 8. The van der Waals surface area contributed by atoms with E-state index in [4.69, 9.17) is 4.74 Å². The lowest BCUT2D eigenvalue weighted by atomic mass is 10.2. The van der Waals surface area contributed by atoms with E-state index in [1.165, 1.54) is 11.9 Å². The Bertz CT molecular complexity index is 536. The molecule has 0 aliphatic carbocycles. The van der Waals surface area contributed by atoms with Crippen molar-refractivity contribution in [1.29, 1.82) is 0 Å². The molecule has 0 spiro atoms. The van der Waals surface area contributed by atoms with Crippen molar-refractivity contribution in [3.05, 3.63) is 23.8 Å². The fraction of sp³-hybridized carbons (Fsp3) is 0.562. The maximum atomic E-state index is 12.2. The third-order valence-electron chi connectivity index (χ3n) is 3.14. The van der Waals surface area contributed by atoms with E-state index < -0.39 is 18.8 Å². The van der Waals surface area contributed by atoms with Crippen LogP contribution in [0, 0.1) is 6.92 Å². The molecule has 0 fully saturated rings. The van der Waals surface area contributed by atoms with Gasteiger partial charge < -0.3 is 15.4 Å². The molecule has 0 atom stereocenters. The number of nitrogens with zero attached hydrogens (tertiary/aromatic N) is 1. The van der Waals surface area contributed by atoms with Crippen molar-refractivity contribution >= 4 is 11.7 Å². The Hall–Kier alpha value is -1.96. The Labute approximate surface area is 140 Å². The highest BCUT2D eigenvalue weighted by molar-refractivity contribution is 5.90. The summed E-state index contributed by atoms with van der Waals surface area (Å²) in [5.74, 6) is 0.581. The summed E-state index contributed by atoms with van der Waals surface area (Å²) < 4.78 is 42.0. The van der Waals surface area contributed by atoms with Crippen LogP contribution in [0.2, 0.25) is 0 Å². The molecule has 0 aromatic heterocycles. The van der Waals surface area contributed by atoms with Crippen LogP contribution in [0.25, 0.3) is 0 Å². The van der Waals surface area contributed by atoms with Gasteiger partial charge in [0, 0.05) is 6.54 Å². The molecule has 0 saturated heterocycles. The van der Waals surface area contributed by atoms with Crippen LogP contribution in [0.1, 0.15) is 18.9 Å². The lowest BCUT2D eigenvalue weighted by molar-refractivity contribution is -0.143. The van der Waals surface area contributed by atoms with Crippen LogP contribution in [-0.4, -0.2) is 50.4 Å². The number of carbonyl (C=O) groups excluding carboxylic acids is 1. The van der Waals surface area contributed by atoms with E-state index in [2.05, 4.69) is 10.6 Å². The van der Waals surface area contributed by atoms with E-state index in [9.17, 15) is 18.0 Å². The fourth-order valence-electron chi connectivity index (χ4n) is 2.11. The number of alkyl halides is 3. The maximum absolute atomic E-state index is 12.2. The Kier molecular flexibility index (Phi) is 7.84. The van der Waals surface area contributed by atoms with Gasteiger partial charge in [-0.15, -0.1) is 0 Å². The summed E-state index contributed by atoms with van der Waals surface area (Å²) in [6, 6.07) is 5.00. The molecular formula is C16H24F3N3O2. The van der Waals surface area contributed by atoms with Crippen LogP contribution in [0.4, 0.5) is 23.7 Å². The zero-order valence-corrected chi connectivity index (χ0v) is 14.2. The number of benzene rings is 1. The largest absolute Gasteiger partial charge is 0.492 e. The highest BCUT2D eigenvalue weighted by Gasteiger charge is 2.28. The Balaban J connectivity index is 2.37. The first-order chi connectivity index (χ1) is 11.2. The number of ether oxygens (including phenoxy) is 1. The predicted molar refractivity (Wildman–Crippen MR) is 87.5 cm³/mol. The van der Waals surface area contributed by atoms with E-state index >= 15 is 0 Å². The normalized spacial score (nSPS) is 11.5. The van der Waals surface area contributed by atoms with Crippen molar-refractivity contribution in [2.75, 3.05) is 38.6 Å². The topological polar surface area (TPSA) is 53.6 Å². The number of halogens is 3. The molecule has 2 amide bonds. The lowest BCUT2D eigenvalue weighted by Crippen LogP contribution is -2.35. The van der Waals surface area contributed by atoms with E-state index in [1.54, 1.807) is 6.07 Å². The number of hydrogen-bond acceptors (Lipinski definition) is 3. The van der Waals surface area contributed by atoms with Crippen molar-refractivity contribution in [2.24, 2.45) is 0 Å². The molecule has 1 aromatic carbocycles. The van der Waals surface area contributed by atoms with E-state index in [0.717, 1.165) is 5.56 Å². The second kappa shape index (κ2) is 9.36. The molecule has 24 heavy (non-hydrogen) atoms. The van der Waals surface area contributed by atoms with Crippen molar-refractivity contribution in [3.8, 4) is 5.75 Å². The van der Waals surface area contributed by atoms with Gasteiger partial charge in [0.2, 0.25) is 0 Å². The number of amides is 2. The van der Waals surface area contributed by atoms with Gasteiger partial charge in [-0.3, -0.25) is 4.90 Å². The Morgan fingerprint density at radius 1 is 1.33 bits per heavy atom. The Morgan fingerprint density at radius 2 is 2.04 bits per heavy atom. The monoisotopic (exact) mass is 347 g/mol. The molecule has 0 bridgehead atoms. The van der Waals surface area contributed by atoms with Gasteiger partial charge in [-0.2, -0.15) is 13.2 Å². The van der Waals surface area contributed by atoms with Crippen LogP contribution < -0.4 is 15.4 Å². The van der Waals surface area contributed by atoms with Crippen LogP contribution in [0.3, 0.4) is 0 Å². The summed E-state index contributed by atoms with van der Waals surface area (Å²) in [5, 5.41) is 5.30. The first kappa shape index (κ1) is 20.1. The van der Waals surface area contributed by atoms with E-state index in [0.29, 0.717) is 24.5 Å². The first-order valence-corrected chi connectivity index (χ1v) is 7.75. The lowest BCUT2D eigenvalue weighted by Gasteiger charge is -2.18. The summed E-state index contributed by atoms with van der Waals surface area (Å²) in [6.07, 6.45) is -3.78. The SMILES string of the molecule is CCOc1cc(C)ccc1NC(=O)NCCCN(C)CC(F)(F)F. The number of hydrogen-bond donors (Lipinski definition) is 2. The van der Waals surface area contributed by atoms with E-state index in [-0.39, 0.29) is 13.1 Å². The third-order valence-corrected chi connectivity index (χ3v) is 3.14. The predicted octanol–water partition coefficient (Wildman–Crippen LogP) is 3.40. The first-order valence-electron chi connectivity index (χ1n) is 7.75. The second-order valence-corrected chi connectivity index (χ2v) is 5.52. The minimum Gasteiger partial charge on any atom is -0.492 e. The van der Waals surface area contributed by atoms with Gasteiger partial charge in [-0.05, 0) is 51.6 Å². The summed E-state index contributed by atoms with van der Waals surface area (Å²) in [7, 11) is 1.40. The molecule has 8 heteroatoms. The molecule has 0 aliphatic rings. The van der Waals surface area contributed by atoms with Gasteiger partial charge in [-0.1, -0.05) is 6.07 Å². The van der Waals surface area contributed by atoms with Crippen molar-refractivity contribution in [2.45, 2.75) is 26.4 Å². The average Bonchev–Trinajstić information content (AvgIpc) is 2.45. The molecular weight excluding hydrogens is 323 g/mol. The van der Waals surface area contributed by atoms with Gasteiger partial charge >= 0.3 is 12.2 Å². The third kappa shape index (κ3) is 8.05. The highest BCUT2D eigenvalue weighted by Crippen LogP contribution is 2.25. The standard InChI is InChI=1S/C16H24F3N3O2/c1-4-24-14-10-12(2)6-7-13(14)21-15(23)20-8-5-9-22(3)11-16(17,18)19/h6-7,10H,4-5,8-9,11H2,1-3H3,(H2,20,21,23).